The predicted molar refractivity (Wildman–Crippen MR) is 80.7 cm³/mol. The number of nitrogens with two attached hydrogens (primary N) is 1. The van der Waals surface area contributed by atoms with Crippen molar-refractivity contribution in [3.05, 3.63) is 11.4 Å². The van der Waals surface area contributed by atoms with Crippen molar-refractivity contribution in [2.75, 3.05) is 37.8 Å². The van der Waals surface area contributed by atoms with Gasteiger partial charge in [0.05, 0.1) is 5.39 Å². The number of nitrogens with zero attached hydrogens (tertiary/aromatic N) is 4. The van der Waals surface area contributed by atoms with Crippen LogP contribution in [0.4, 0.5) is 11.8 Å². The fourth-order valence-electron chi connectivity index (χ4n) is 2.80. The second-order valence-corrected chi connectivity index (χ2v) is 6.19. The van der Waals surface area contributed by atoms with Crippen molar-refractivity contribution in [2.45, 2.75) is 18.9 Å². The number of hydrogen-bond donors (Lipinski definition) is 1. The number of nitrogen functional groups attached to an aromatic ring is 1. The first kappa shape index (κ1) is 12.6. The van der Waals surface area contributed by atoms with Crippen molar-refractivity contribution in [3.63, 3.8) is 0 Å². The molecule has 3 heterocycles. The first-order chi connectivity index (χ1) is 9.15. The molecular weight excluding hydrogens is 258 g/mol. The highest BCUT2D eigenvalue weighted by Gasteiger charge is 2.28. The lowest BCUT2D eigenvalue weighted by Crippen LogP contribution is -2.38. The monoisotopic (exact) mass is 277 g/mol. The van der Waals surface area contributed by atoms with Gasteiger partial charge < -0.3 is 15.5 Å². The molecule has 2 aromatic heterocycles. The Balaban J connectivity index is 2.00. The standard InChI is InChI=1S/C13H19N5S/c1-17(2)8-9-4-3-6-18(9)11-10-5-7-19-12(10)16-13(14)15-11/h5,7,9H,3-4,6,8H2,1-2H3,(H2,14,15,16). The smallest absolute Gasteiger partial charge is 0.223 e. The van der Waals surface area contributed by atoms with Crippen LogP contribution in [-0.2, 0) is 0 Å². The van der Waals surface area contributed by atoms with E-state index in [1.54, 1.807) is 11.3 Å². The van der Waals surface area contributed by atoms with Gasteiger partial charge in [-0.2, -0.15) is 4.98 Å². The van der Waals surface area contributed by atoms with Crippen LogP contribution < -0.4 is 10.6 Å². The van der Waals surface area contributed by atoms with Gasteiger partial charge in [-0.1, -0.05) is 0 Å². The van der Waals surface area contributed by atoms with Crippen LogP contribution in [0.5, 0.6) is 0 Å². The first-order valence-corrected chi connectivity index (χ1v) is 7.45. The Morgan fingerprint density at radius 2 is 2.32 bits per heavy atom. The van der Waals surface area contributed by atoms with Gasteiger partial charge in [-0.15, -0.1) is 11.3 Å². The number of hydrogen-bond acceptors (Lipinski definition) is 6. The molecule has 1 atom stereocenters. The Bertz CT molecular complexity index is 579. The minimum atomic E-state index is 0.375. The third-order valence-corrected chi connectivity index (χ3v) is 4.35. The van der Waals surface area contributed by atoms with E-state index in [0.717, 1.165) is 29.1 Å². The molecule has 1 fully saturated rings. The average Bonchev–Trinajstić information content (AvgIpc) is 2.95. The second kappa shape index (κ2) is 4.94. The summed E-state index contributed by atoms with van der Waals surface area (Å²) >= 11 is 1.62. The molecule has 0 saturated carbocycles. The van der Waals surface area contributed by atoms with Crippen LogP contribution in [-0.4, -0.2) is 48.1 Å². The SMILES string of the molecule is CN(C)CC1CCCN1c1nc(N)nc2sccc12. The third-order valence-electron chi connectivity index (χ3n) is 3.55. The Morgan fingerprint density at radius 3 is 3.11 bits per heavy atom. The van der Waals surface area contributed by atoms with Crippen molar-refractivity contribution in [1.29, 1.82) is 0 Å². The van der Waals surface area contributed by atoms with Crippen LogP contribution in [0.25, 0.3) is 10.2 Å². The summed E-state index contributed by atoms with van der Waals surface area (Å²) in [5.74, 6) is 1.38. The molecule has 2 aromatic rings. The third kappa shape index (κ3) is 2.37. The summed E-state index contributed by atoms with van der Waals surface area (Å²) in [5.41, 5.74) is 5.85. The molecule has 1 aliphatic rings. The second-order valence-electron chi connectivity index (χ2n) is 5.30. The summed E-state index contributed by atoms with van der Waals surface area (Å²) in [6.07, 6.45) is 2.43. The summed E-state index contributed by atoms with van der Waals surface area (Å²) in [7, 11) is 4.23. The van der Waals surface area contributed by atoms with Crippen LogP contribution in [0.15, 0.2) is 11.4 Å². The Hall–Kier alpha value is -1.40. The highest BCUT2D eigenvalue weighted by molar-refractivity contribution is 7.16. The molecule has 1 saturated heterocycles. The molecule has 19 heavy (non-hydrogen) atoms. The van der Waals surface area contributed by atoms with Gasteiger partial charge in [-0.25, -0.2) is 4.98 Å². The van der Waals surface area contributed by atoms with Crippen LogP contribution in [0.2, 0.25) is 0 Å². The molecule has 0 bridgehead atoms. The van der Waals surface area contributed by atoms with Crippen LogP contribution in [0.1, 0.15) is 12.8 Å². The number of rotatable bonds is 3. The normalized spacial score (nSPS) is 19.7. The van der Waals surface area contributed by atoms with E-state index < -0.39 is 0 Å². The zero-order chi connectivity index (χ0) is 13.4. The average molecular weight is 277 g/mol. The Morgan fingerprint density at radius 1 is 1.47 bits per heavy atom. The zero-order valence-electron chi connectivity index (χ0n) is 11.3. The van der Waals surface area contributed by atoms with E-state index in [-0.39, 0.29) is 0 Å². The van der Waals surface area contributed by atoms with Crippen molar-refractivity contribution in [3.8, 4) is 0 Å². The van der Waals surface area contributed by atoms with Gasteiger partial charge >= 0.3 is 0 Å². The van der Waals surface area contributed by atoms with Crippen molar-refractivity contribution < 1.29 is 0 Å². The van der Waals surface area contributed by atoms with Crippen molar-refractivity contribution in [2.24, 2.45) is 0 Å². The van der Waals surface area contributed by atoms with E-state index in [1.807, 2.05) is 0 Å². The fourth-order valence-corrected chi connectivity index (χ4v) is 3.57. The van der Waals surface area contributed by atoms with E-state index in [9.17, 15) is 0 Å². The zero-order valence-corrected chi connectivity index (χ0v) is 12.2. The number of anilines is 2. The van der Waals surface area contributed by atoms with Gasteiger partial charge in [0.1, 0.15) is 10.6 Å². The lowest BCUT2D eigenvalue weighted by Gasteiger charge is -2.28. The van der Waals surface area contributed by atoms with Gasteiger partial charge in [-0.05, 0) is 38.4 Å². The van der Waals surface area contributed by atoms with Crippen LogP contribution in [0, 0.1) is 0 Å². The minimum absolute atomic E-state index is 0.375. The minimum Gasteiger partial charge on any atom is -0.368 e. The Labute approximate surface area is 117 Å². The molecule has 6 heteroatoms. The molecule has 5 nitrogen and oxygen atoms in total. The van der Waals surface area contributed by atoms with E-state index in [2.05, 4.69) is 45.3 Å². The van der Waals surface area contributed by atoms with Crippen molar-refractivity contribution in [1.82, 2.24) is 14.9 Å². The lowest BCUT2D eigenvalue weighted by atomic mass is 10.2. The van der Waals surface area contributed by atoms with E-state index >= 15 is 0 Å². The molecule has 0 spiro atoms. The van der Waals surface area contributed by atoms with Gasteiger partial charge in [-0.3, -0.25) is 0 Å². The van der Waals surface area contributed by atoms with E-state index in [4.69, 9.17) is 5.73 Å². The fraction of sp³-hybridized carbons (Fsp3) is 0.538. The topological polar surface area (TPSA) is 58.3 Å². The number of fused-ring (bicyclic) bond motifs is 1. The highest BCUT2D eigenvalue weighted by Crippen LogP contribution is 2.32. The quantitative estimate of drug-likeness (QED) is 0.927. The lowest BCUT2D eigenvalue weighted by molar-refractivity contribution is 0.372. The van der Waals surface area contributed by atoms with Crippen LogP contribution >= 0.6 is 11.3 Å². The van der Waals surface area contributed by atoms with Gasteiger partial charge in [0.2, 0.25) is 5.95 Å². The number of thiophene rings is 1. The molecule has 102 valence electrons. The summed E-state index contributed by atoms with van der Waals surface area (Å²) in [5, 5.41) is 3.18. The summed E-state index contributed by atoms with van der Waals surface area (Å²) in [6, 6.07) is 2.62. The van der Waals surface area contributed by atoms with Crippen LogP contribution in [0.3, 0.4) is 0 Å². The highest BCUT2D eigenvalue weighted by atomic mass is 32.1. The predicted octanol–water partition coefficient (Wildman–Crippen LogP) is 1.80. The van der Waals surface area contributed by atoms with Gasteiger partial charge in [0.15, 0.2) is 0 Å². The molecule has 0 aromatic carbocycles. The molecular formula is C13H19N5S. The summed E-state index contributed by atoms with van der Waals surface area (Å²) in [4.78, 5) is 14.4. The molecule has 2 N–H and O–H groups in total. The Kier molecular flexibility index (Phi) is 3.28. The molecule has 3 rings (SSSR count). The maximum atomic E-state index is 5.85. The van der Waals surface area contributed by atoms with E-state index in [0.29, 0.717) is 12.0 Å². The molecule has 1 unspecified atom stereocenters. The molecule has 1 aliphatic heterocycles. The largest absolute Gasteiger partial charge is 0.368 e. The number of likely N-dealkylation sites (N-methyl/N-ethyl adjacent to an activating group) is 1. The van der Waals surface area contributed by atoms with Gasteiger partial charge in [0, 0.05) is 19.1 Å². The van der Waals surface area contributed by atoms with Crippen molar-refractivity contribution >= 4 is 33.3 Å². The maximum Gasteiger partial charge on any atom is 0.223 e. The summed E-state index contributed by atoms with van der Waals surface area (Å²) < 4.78 is 0. The molecule has 0 radical (unpaired) electrons. The van der Waals surface area contributed by atoms with E-state index in [1.165, 1.54) is 12.8 Å². The molecule has 0 amide bonds. The maximum absolute atomic E-state index is 5.85. The number of aromatic nitrogens is 2. The summed E-state index contributed by atoms with van der Waals surface area (Å²) in [6.45, 7) is 2.11. The van der Waals surface area contributed by atoms with Gasteiger partial charge in [0.25, 0.3) is 0 Å². The molecule has 0 aliphatic carbocycles. The first-order valence-electron chi connectivity index (χ1n) is 6.57.